The van der Waals surface area contributed by atoms with E-state index in [2.05, 4.69) is 21.4 Å². The van der Waals surface area contributed by atoms with Gasteiger partial charge in [-0.1, -0.05) is 23.8 Å². The van der Waals surface area contributed by atoms with Crippen LogP contribution in [0.15, 0.2) is 36.5 Å². The van der Waals surface area contributed by atoms with Crippen LogP contribution in [0.2, 0.25) is 0 Å². The Morgan fingerprint density at radius 1 is 1.33 bits per heavy atom. The Morgan fingerprint density at radius 2 is 2.24 bits per heavy atom. The van der Waals surface area contributed by atoms with E-state index in [0.717, 1.165) is 40.1 Å². The number of nitrogens with zero attached hydrogens (tertiary/aromatic N) is 3. The third kappa shape index (κ3) is 1.74. The summed E-state index contributed by atoms with van der Waals surface area (Å²) in [4.78, 5) is 4.70. The molecular formula is C18H18N3+. The lowest BCUT2D eigenvalue weighted by Crippen LogP contribution is -2.31. The van der Waals surface area contributed by atoms with Gasteiger partial charge in [0.15, 0.2) is 6.20 Å². The Hall–Kier alpha value is -2.42. The third-order valence-electron chi connectivity index (χ3n) is 4.08. The fourth-order valence-electron chi connectivity index (χ4n) is 3.09. The molecule has 0 radical (unpaired) electrons. The molecule has 3 heterocycles. The highest BCUT2D eigenvalue weighted by molar-refractivity contribution is 5.91. The fraction of sp³-hybridized carbons (Fsp3) is 0.222. The molecule has 0 spiro atoms. The summed E-state index contributed by atoms with van der Waals surface area (Å²) in [5.41, 5.74) is 5.42. The fourth-order valence-corrected chi connectivity index (χ4v) is 3.09. The van der Waals surface area contributed by atoms with Crippen LogP contribution in [0.1, 0.15) is 21.1 Å². The molecule has 0 fully saturated rings. The average Bonchev–Trinajstić information content (AvgIpc) is 3.08. The standard InChI is InChI=1S/C18H18N3/c1-12-6-7-14(13(2)11-12)17-18-15(8-10-20(17)3)19-16-5-4-9-21(16)18/h4,6-11H,5H2,1-3H3/q+1/i1D3. The predicted molar refractivity (Wildman–Crippen MR) is 84.9 cm³/mol. The minimum Gasteiger partial charge on any atom is -0.298 e. The van der Waals surface area contributed by atoms with Crippen LogP contribution in [-0.4, -0.2) is 9.55 Å². The lowest BCUT2D eigenvalue weighted by atomic mass is 10.0. The van der Waals surface area contributed by atoms with E-state index in [4.69, 9.17) is 9.10 Å². The van der Waals surface area contributed by atoms with Crippen molar-refractivity contribution in [3.63, 3.8) is 0 Å². The molecule has 104 valence electrons. The molecule has 1 aromatic carbocycles. The number of fused-ring (bicyclic) bond motifs is 3. The third-order valence-corrected chi connectivity index (χ3v) is 4.08. The van der Waals surface area contributed by atoms with Crippen LogP contribution >= 0.6 is 0 Å². The molecule has 1 aliphatic rings. The van der Waals surface area contributed by atoms with Crippen molar-refractivity contribution in [2.75, 3.05) is 0 Å². The van der Waals surface area contributed by atoms with Gasteiger partial charge in [0.2, 0.25) is 5.69 Å². The minimum absolute atomic E-state index is 0.372. The van der Waals surface area contributed by atoms with E-state index < -0.39 is 6.85 Å². The van der Waals surface area contributed by atoms with Crippen molar-refractivity contribution in [1.82, 2.24) is 9.55 Å². The van der Waals surface area contributed by atoms with E-state index in [1.54, 1.807) is 12.1 Å². The van der Waals surface area contributed by atoms with Gasteiger partial charge in [0, 0.05) is 22.8 Å². The molecule has 3 aromatic rings. The number of imidazole rings is 1. The van der Waals surface area contributed by atoms with Gasteiger partial charge in [-0.15, -0.1) is 0 Å². The van der Waals surface area contributed by atoms with Gasteiger partial charge in [-0.2, -0.15) is 4.57 Å². The van der Waals surface area contributed by atoms with Crippen molar-refractivity contribution in [3.05, 3.63) is 53.5 Å². The number of hydrogen-bond donors (Lipinski definition) is 0. The highest BCUT2D eigenvalue weighted by Crippen LogP contribution is 2.30. The summed E-state index contributed by atoms with van der Waals surface area (Å²) in [5.74, 6) is 1.04. The Bertz CT molecular complexity index is 997. The molecule has 4 rings (SSSR count). The number of allylic oxidation sites excluding steroid dienone is 1. The molecule has 0 N–H and O–H groups in total. The second-order valence-electron chi connectivity index (χ2n) is 5.53. The number of aromatic nitrogens is 3. The highest BCUT2D eigenvalue weighted by atomic mass is 15.1. The van der Waals surface area contributed by atoms with E-state index >= 15 is 0 Å². The van der Waals surface area contributed by atoms with Crippen LogP contribution in [0.3, 0.4) is 0 Å². The number of rotatable bonds is 1. The van der Waals surface area contributed by atoms with E-state index in [1.165, 1.54) is 0 Å². The first-order valence-electron chi connectivity index (χ1n) is 8.54. The van der Waals surface area contributed by atoms with Gasteiger partial charge in [-0.3, -0.25) is 4.57 Å². The van der Waals surface area contributed by atoms with Crippen molar-refractivity contribution < 1.29 is 8.68 Å². The van der Waals surface area contributed by atoms with E-state index in [1.807, 2.05) is 32.3 Å². The molecule has 1 aliphatic heterocycles. The van der Waals surface area contributed by atoms with Gasteiger partial charge < -0.3 is 0 Å². The normalized spacial score (nSPS) is 15.8. The Kier molecular flexibility index (Phi) is 1.94. The first-order valence-corrected chi connectivity index (χ1v) is 7.04. The van der Waals surface area contributed by atoms with Crippen molar-refractivity contribution in [1.29, 1.82) is 0 Å². The number of pyridine rings is 1. The van der Waals surface area contributed by atoms with Crippen molar-refractivity contribution in [2.24, 2.45) is 7.05 Å². The second-order valence-corrected chi connectivity index (χ2v) is 5.53. The topological polar surface area (TPSA) is 21.7 Å². The number of aryl methyl sites for hydroxylation is 3. The largest absolute Gasteiger partial charge is 0.298 e. The highest BCUT2D eigenvalue weighted by Gasteiger charge is 2.23. The summed E-state index contributed by atoms with van der Waals surface area (Å²) in [6.07, 6.45) is 7.00. The summed E-state index contributed by atoms with van der Waals surface area (Å²) in [6.45, 7) is -0.126. The average molecular weight is 279 g/mol. The second kappa shape index (κ2) is 4.29. The summed E-state index contributed by atoms with van der Waals surface area (Å²) < 4.78 is 27.0. The monoisotopic (exact) mass is 279 g/mol. The molecular weight excluding hydrogens is 258 g/mol. The molecule has 0 bridgehead atoms. The zero-order valence-electron chi connectivity index (χ0n) is 15.1. The molecule has 0 unspecified atom stereocenters. The van der Waals surface area contributed by atoms with E-state index in [-0.39, 0.29) is 0 Å². The van der Waals surface area contributed by atoms with E-state index in [0.29, 0.717) is 5.56 Å². The summed E-state index contributed by atoms with van der Waals surface area (Å²) in [5, 5.41) is 0. The van der Waals surface area contributed by atoms with Gasteiger partial charge >= 0.3 is 0 Å². The van der Waals surface area contributed by atoms with Gasteiger partial charge in [0.05, 0.1) is 5.56 Å². The maximum Gasteiger partial charge on any atom is 0.239 e. The Labute approximate surface area is 128 Å². The summed E-state index contributed by atoms with van der Waals surface area (Å²) in [7, 11) is 2.00. The van der Waals surface area contributed by atoms with E-state index in [9.17, 15) is 0 Å². The maximum absolute atomic E-state index is 7.60. The smallest absolute Gasteiger partial charge is 0.239 e. The van der Waals surface area contributed by atoms with Gasteiger partial charge in [0.25, 0.3) is 0 Å². The first-order chi connectivity index (χ1) is 11.4. The number of benzene rings is 1. The lowest BCUT2D eigenvalue weighted by Gasteiger charge is -2.07. The molecule has 21 heavy (non-hydrogen) atoms. The molecule has 2 aromatic heterocycles. The zero-order valence-corrected chi connectivity index (χ0v) is 12.1. The molecule has 0 amide bonds. The summed E-state index contributed by atoms with van der Waals surface area (Å²) >= 11 is 0. The zero-order chi connectivity index (χ0) is 17.1. The number of hydrogen-bond acceptors (Lipinski definition) is 1. The summed E-state index contributed by atoms with van der Waals surface area (Å²) in [6, 6.07) is 7.39. The molecule has 0 aliphatic carbocycles. The Balaban J connectivity index is 2.00. The van der Waals surface area contributed by atoms with Gasteiger partial charge in [-0.25, -0.2) is 4.98 Å². The minimum atomic E-state index is -2.09. The van der Waals surface area contributed by atoms with Gasteiger partial charge in [0.1, 0.15) is 23.9 Å². The molecule has 0 saturated carbocycles. The molecule has 3 heteroatoms. The van der Waals surface area contributed by atoms with Crippen LogP contribution in [0, 0.1) is 13.8 Å². The van der Waals surface area contributed by atoms with Crippen LogP contribution in [0.5, 0.6) is 0 Å². The molecule has 0 atom stereocenters. The quantitative estimate of drug-likeness (QED) is 0.627. The van der Waals surface area contributed by atoms with Crippen LogP contribution in [-0.2, 0) is 13.5 Å². The molecule has 3 nitrogen and oxygen atoms in total. The van der Waals surface area contributed by atoms with Crippen molar-refractivity contribution in [2.45, 2.75) is 20.2 Å². The lowest BCUT2D eigenvalue weighted by molar-refractivity contribution is -0.659. The van der Waals surface area contributed by atoms with Crippen LogP contribution in [0.25, 0.3) is 28.5 Å². The molecule has 0 saturated heterocycles. The predicted octanol–water partition coefficient (Wildman–Crippen LogP) is 3.17. The first kappa shape index (κ1) is 9.50. The van der Waals surface area contributed by atoms with Gasteiger partial charge in [-0.05, 0) is 25.4 Å². The van der Waals surface area contributed by atoms with Crippen LogP contribution < -0.4 is 4.57 Å². The van der Waals surface area contributed by atoms with Crippen molar-refractivity contribution in [3.8, 4) is 11.3 Å². The Morgan fingerprint density at radius 3 is 3.05 bits per heavy atom. The SMILES string of the molecule is [2H]C([2H])([2H])c1ccc(-c2c3c(cc[n+]2C)nc2n3C=CC2)c(C)c1. The van der Waals surface area contributed by atoms with Crippen LogP contribution in [0.4, 0.5) is 0 Å². The maximum atomic E-state index is 7.60. The van der Waals surface area contributed by atoms with Crippen molar-refractivity contribution >= 4 is 17.2 Å².